The zero-order valence-corrected chi connectivity index (χ0v) is 13.3. The SMILES string of the molecule is CCOc1cccc(C(=O)Oc2ccc(C(C)CC)cc2)c1. The van der Waals surface area contributed by atoms with Gasteiger partial charge in [0.1, 0.15) is 11.5 Å². The Morgan fingerprint density at radius 1 is 1.05 bits per heavy atom. The van der Waals surface area contributed by atoms with Crippen LogP contribution in [0.25, 0.3) is 0 Å². The molecule has 0 saturated heterocycles. The summed E-state index contributed by atoms with van der Waals surface area (Å²) in [5.74, 6) is 1.36. The Morgan fingerprint density at radius 2 is 1.77 bits per heavy atom. The first-order chi connectivity index (χ1) is 10.6. The average Bonchev–Trinajstić information content (AvgIpc) is 2.55. The van der Waals surface area contributed by atoms with E-state index in [4.69, 9.17) is 9.47 Å². The molecule has 116 valence electrons. The Labute approximate surface area is 131 Å². The molecule has 22 heavy (non-hydrogen) atoms. The number of hydrogen-bond acceptors (Lipinski definition) is 3. The molecule has 0 aliphatic carbocycles. The molecular weight excluding hydrogens is 276 g/mol. The third-order valence-corrected chi connectivity index (χ3v) is 3.65. The van der Waals surface area contributed by atoms with E-state index in [9.17, 15) is 4.79 Å². The van der Waals surface area contributed by atoms with Crippen LogP contribution in [0.5, 0.6) is 11.5 Å². The van der Waals surface area contributed by atoms with Gasteiger partial charge in [0.15, 0.2) is 0 Å². The van der Waals surface area contributed by atoms with Gasteiger partial charge < -0.3 is 9.47 Å². The molecule has 0 amide bonds. The molecular formula is C19H22O3. The van der Waals surface area contributed by atoms with E-state index in [1.165, 1.54) is 5.56 Å². The van der Waals surface area contributed by atoms with Crippen LogP contribution in [0.15, 0.2) is 48.5 Å². The molecule has 0 fully saturated rings. The molecule has 0 bridgehead atoms. The minimum Gasteiger partial charge on any atom is -0.494 e. The van der Waals surface area contributed by atoms with Gasteiger partial charge in [-0.3, -0.25) is 0 Å². The average molecular weight is 298 g/mol. The first-order valence-electron chi connectivity index (χ1n) is 7.69. The maximum atomic E-state index is 12.2. The third kappa shape index (κ3) is 4.10. The lowest BCUT2D eigenvalue weighted by atomic mass is 9.99. The normalized spacial score (nSPS) is 11.8. The second kappa shape index (κ2) is 7.64. The monoisotopic (exact) mass is 298 g/mol. The highest BCUT2D eigenvalue weighted by Crippen LogP contribution is 2.22. The van der Waals surface area contributed by atoms with E-state index in [1.54, 1.807) is 18.2 Å². The third-order valence-electron chi connectivity index (χ3n) is 3.65. The van der Waals surface area contributed by atoms with Crippen LogP contribution >= 0.6 is 0 Å². The first kappa shape index (κ1) is 16.1. The standard InChI is InChI=1S/C19H22O3/c1-4-14(3)15-9-11-17(12-10-15)22-19(20)16-7-6-8-18(13-16)21-5-2/h6-14H,4-5H2,1-3H3. The second-order valence-electron chi connectivity index (χ2n) is 5.23. The summed E-state index contributed by atoms with van der Waals surface area (Å²) in [6, 6.07) is 14.7. The molecule has 2 aromatic carbocycles. The van der Waals surface area contributed by atoms with E-state index in [0.29, 0.717) is 29.6 Å². The van der Waals surface area contributed by atoms with Crippen LogP contribution in [-0.4, -0.2) is 12.6 Å². The topological polar surface area (TPSA) is 35.5 Å². The van der Waals surface area contributed by atoms with Gasteiger partial charge in [-0.05, 0) is 55.2 Å². The van der Waals surface area contributed by atoms with Crippen LogP contribution in [0.1, 0.15) is 49.0 Å². The minimum absolute atomic E-state index is 0.377. The van der Waals surface area contributed by atoms with E-state index in [2.05, 4.69) is 13.8 Å². The van der Waals surface area contributed by atoms with Gasteiger partial charge in [0.05, 0.1) is 12.2 Å². The van der Waals surface area contributed by atoms with Crippen molar-refractivity contribution in [2.24, 2.45) is 0 Å². The van der Waals surface area contributed by atoms with Crippen molar-refractivity contribution in [3.63, 3.8) is 0 Å². The fourth-order valence-electron chi connectivity index (χ4n) is 2.15. The molecule has 3 nitrogen and oxygen atoms in total. The summed E-state index contributed by atoms with van der Waals surface area (Å²) in [7, 11) is 0. The van der Waals surface area contributed by atoms with Crippen LogP contribution in [0, 0.1) is 0 Å². The largest absolute Gasteiger partial charge is 0.494 e. The van der Waals surface area contributed by atoms with Gasteiger partial charge in [0.25, 0.3) is 0 Å². The van der Waals surface area contributed by atoms with Crippen molar-refractivity contribution in [1.29, 1.82) is 0 Å². The molecule has 0 radical (unpaired) electrons. The van der Waals surface area contributed by atoms with E-state index in [1.807, 2.05) is 37.3 Å². The van der Waals surface area contributed by atoms with Gasteiger partial charge in [0.2, 0.25) is 0 Å². The van der Waals surface area contributed by atoms with Crippen molar-refractivity contribution in [2.45, 2.75) is 33.1 Å². The van der Waals surface area contributed by atoms with Crippen molar-refractivity contribution < 1.29 is 14.3 Å². The highest BCUT2D eigenvalue weighted by molar-refractivity contribution is 5.91. The van der Waals surface area contributed by atoms with Gasteiger partial charge in [-0.2, -0.15) is 0 Å². The van der Waals surface area contributed by atoms with Crippen LogP contribution in [0.4, 0.5) is 0 Å². The molecule has 2 aromatic rings. The number of rotatable bonds is 6. The lowest BCUT2D eigenvalue weighted by Crippen LogP contribution is -2.08. The predicted molar refractivity (Wildman–Crippen MR) is 87.7 cm³/mol. The molecule has 0 aliphatic heterocycles. The lowest BCUT2D eigenvalue weighted by molar-refractivity contribution is 0.0734. The molecule has 1 unspecified atom stereocenters. The summed E-state index contributed by atoms with van der Waals surface area (Å²) < 4.78 is 10.8. The molecule has 0 aromatic heterocycles. The predicted octanol–water partition coefficient (Wildman–Crippen LogP) is 4.82. The van der Waals surface area contributed by atoms with Crippen molar-refractivity contribution in [3.05, 3.63) is 59.7 Å². The first-order valence-corrected chi connectivity index (χ1v) is 7.69. The smallest absolute Gasteiger partial charge is 0.343 e. The molecule has 0 saturated carbocycles. The number of esters is 1. The fraction of sp³-hybridized carbons (Fsp3) is 0.316. The molecule has 0 N–H and O–H groups in total. The van der Waals surface area contributed by atoms with Crippen molar-refractivity contribution in [3.8, 4) is 11.5 Å². The Balaban J connectivity index is 2.06. The quantitative estimate of drug-likeness (QED) is 0.566. The van der Waals surface area contributed by atoms with Gasteiger partial charge in [-0.1, -0.05) is 32.0 Å². The summed E-state index contributed by atoms with van der Waals surface area (Å²) in [5.41, 5.74) is 1.73. The van der Waals surface area contributed by atoms with Crippen LogP contribution in [0.2, 0.25) is 0 Å². The van der Waals surface area contributed by atoms with E-state index < -0.39 is 0 Å². The van der Waals surface area contributed by atoms with Crippen molar-refractivity contribution in [2.75, 3.05) is 6.61 Å². The van der Waals surface area contributed by atoms with Gasteiger partial charge in [0, 0.05) is 0 Å². The maximum absolute atomic E-state index is 12.2. The lowest BCUT2D eigenvalue weighted by Gasteiger charge is -2.10. The molecule has 3 heteroatoms. The van der Waals surface area contributed by atoms with Crippen LogP contribution < -0.4 is 9.47 Å². The minimum atomic E-state index is -0.377. The zero-order valence-electron chi connectivity index (χ0n) is 13.3. The Hall–Kier alpha value is -2.29. The number of hydrogen-bond donors (Lipinski definition) is 0. The number of benzene rings is 2. The molecule has 0 spiro atoms. The van der Waals surface area contributed by atoms with E-state index >= 15 is 0 Å². The zero-order chi connectivity index (χ0) is 15.9. The number of carbonyl (C=O) groups is 1. The highest BCUT2D eigenvalue weighted by Gasteiger charge is 2.10. The van der Waals surface area contributed by atoms with E-state index in [-0.39, 0.29) is 5.97 Å². The van der Waals surface area contributed by atoms with Gasteiger partial charge in [-0.25, -0.2) is 4.79 Å². The maximum Gasteiger partial charge on any atom is 0.343 e. The van der Waals surface area contributed by atoms with Crippen LogP contribution in [-0.2, 0) is 0 Å². The molecule has 0 aliphatic rings. The fourth-order valence-corrected chi connectivity index (χ4v) is 2.15. The van der Waals surface area contributed by atoms with Crippen molar-refractivity contribution in [1.82, 2.24) is 0 Å². The summed E-state index contributed by atoms with van der Waals surface area (Å²) in [5, 5.41) is 0. The second-order valence-corrected chi connectivity index (χ2v) is 5.23. The Morgan fingerprint density at radius 3 is 2.41 bits per heavy atom. The van der Waals surface area contributed by atoms with Gasteiger partial charge in [-0.15, -0.1) is 0 Å². The molecule has 2 rings (SSSR count). The number of carbonyl (C=O) groups excluding carboxylic acids is 1. The Bertz CT molecular complexity index is 617. The van der Waals surface area contributed by atoms with E-state index in [0.717, 1.165) is 6.42 Å². The summed E-state index contributed by atoms with van der Waals surface area (Å²) >= 11 is 0. The molecule has 0 heterocycles. The summed E-state index contributed by atoms with van der Waals surface area (Å²) in [6.07, 6.45) is 1.09. The van der Waals surface area contributed by atoms with Crippen LogP contribution in [0.3, 0.4) is 0 Å². The Kier molecular flexibility index (Phi) is 5.59. The molecule has 1 atom stereocenters. The number of ether oxygens (including phenoxy) is 2. The highest BCUT2D eigenvalue weighted by atomic mass is 16.5. The van der Waals surface area contributed by atoms with Gasteiger partial charge >= 0.3 is 5.97 Å². The summed E-state index contributed by atoms with van der Waals surface area (Å²) in [6.45, 7) is 6.81. The summed E-state index contributed by atoms with van der Waals surface area (Å²) in [4.78, 5) is 12.2. The van der Waals surface area contributed by atoms with Crippen molar-refractivity contribution >= 4 is 5.97 Å².